The summed E-state index contributed by atoms with van der Waals surface area (Å²) in [7, 11) is 0. The van der Waals surface area contributed by atoms with E-state index in [-0.39, 0.29) is 0 Å². The van der Waals surface area contributed by atoms with Gasteiger partial charge in [-0.15, -0.1) is 0 Å². The van der Waals surface area contributed by atoms with E-state index < -0.39 is 0 Å². The number of nitrogens with zero attached hydrogens (tertiary/aromatic N) is 3. The molecule has 5 heteroatoms. The largest absolute Gasteiger partial charge is 0.463 e. The molecule has 3 heterocycles. The van der Waals surface area contributed by atoms with Crippen molar-refractivity contribution >= 4 is 0 Å². The Kier molecular flexibility index (Phi) is 3.31. The molecule has 1 N–H and O–H groups in total. The van der Waals surface area contributed by atoms with Gasteiger partial charge >= 0.3 is 0 Å². The van der Waals surface area contributed by atoms with Crippen LogP contribution < -0.4 is 5.32 Å². The molecule has 0 bridgehead atoms. The average Bonchev–Trinajstić information content (AvgIpc) is 3.07. The van der Waals surface area contributed by atoms with Gasteiger partial charge in [-0.25, -0.2) is 4.98 Å². The molecule has 1 aliphatic carbocycles. The number of furan rings is 1. The molecule has 0 spiro atoms. The lowest BCUT2D eigenvalue weighted by Crippen LogP contribution is -2.33. The number of nitrogens with one attached hydrogen (secondary N) is 1. The number of aryl methyl sites for hydroxylation is 1. The fourth-order valence-electron chi connectivity index (χ4n) is 2.95. The number of hydrogen-bond donors (Lipinski definition) is 1. The third kappa shape index (κ3) is 2.89. The lowest BCUT2D eigenvalue weighted by atomic mass is 10.2. The van der Waals surface area contributed by atoms with Crippen molar-refractivity contribution in [1.82, 2.24) is 19.8 Å². The van der Waals surface area contributed by atoms with Gasteiger partial charge < -0.3 is 14.3 Å². The normalized spacial score (nSPS) is 18.9. The lowest BCUT2D eigenvalue weighted by molar-refractivity contribution is 0.192. The van der Waals surface area contributed by atoms with Crippen LogP contribution in [0.4, 0.5) is 0 Å². The molecule has 21 heavy (non-hydrogen) atoms. The van der Waals surface area contributed by atoms with E-state index in [0.29, 0.717) is 0 Å². The summed E-state index contributed by atoms with van der Waals surface area (Å²) in [4.78, 5) is 6.81. The summed E-state index contributed by atoms with van der Waals surface area (Å²) in [6.45, 7) is 6.85. The highest BCUT2D eigenvalue weighted by molar-refractivity contribution is 5.20. The Bertz CT molecular complexity index is 626. The third-order valence-corrected chi connectivity index (χ3v) is 4.40. The van der Waals surface area contributed by atoms with Crippen molar-refractivity contribution in [3.8, 4) is 0 Å². The highest BCUT2D eigenvalue weighted by Gasteiger charge is 2.22. The summed E-state index contributed by atoms with van der Waals surface area (Å²) in [5, 5.41) is 3.52. The van der Waals surface area contributed by atoms with E-state index in [2.05, 4.69) is 39.0 Å². The van der Waals surface area contributed by atoms with Crippen molar-refractivity contribution in [2.75, 3.05) is 6.54 Å². The maximum Gasteiger partial charge on any atom is 0.122 e. The molecule has 0 aromatic carbocycles. The Morgan fingerprint density at radius 1 is 1.38 bits per heavy atom. The third-order valence-electron chi connectivity index (χ3n) is 4.40. The number of imidazole rings is 1. The fraction of sp³-hybridized carbons (Fsp3) is 0.562. The van der Waals surface area contributed by atoms with E-state index in [1.807, 2.05) is 6.20 Å². The molecule has 1 aliphatic heterocycles. The summed E-state index contributed by atoms with van der Waals surface area (Å²) < 4.78 is 8.26. The molecule has 0 unspecified atom stereocenters. The quantitative estimate of drug-likeness (QED) is 0.914. The van der Waals surface area contributed by atoms with Gasteiger partial charge in [-0.1, -0.05) is 0 Å². The molecule has 1 saturated carbocycles. The molecule has 0 amide bonds. The van der Waals surface area contributed by atoms with Gasteiger partial charge in [0.2, 0.25) is 0 Å². The summed E-state index contributed by atoms with van der Waals surface area (Å²) >= 11 is 0. The Balaban J connectivity index is 1.39. The predicted octanol–water partition coefficient (Wildman–Crippen LogP) is 2.05. The number of rotatable bonds is 5. The van der Waals surface area contributed by atoms with Crippen LogP contribution in [0.3, 0.4) is 0 Å². The Labute approximate surface area is 125 Å². The van der Waals surface area contributed by atoms with Gasteiger partial charge in [0.05, 0.1) is 19.6 Å². The first-order valence-electron chi connectivity index (χ1n) is 7.82. The molecule has 5 nitrogen and oxygen atoms in total. The number of hydrogen-bond acceptors (Lipinski definition) is 4. The maximum atomic E-state index is 6.03. The monoisotopic (exact) mass is 286 g/mol. The van der Waals surface area contributed by atoms with E-state index in [0.717, 1.165) is 56.1 Å². The second kappa shape index (κ2) is 5.31. The molecule has 2 aromatic heterocycles. The van der Waals surface area contributed by atoms with Crippen molar-refractivity contribution in [1.29, 1.82) is 0 Å². The Morgan fingerprint density at radius 3 is 3.14 bits per heavy atom. The van der Waals surface area contributed by atoms with Gasteiger partial charge in [0.25, 0.3) is 0 Å². The first-order valence-corrected chi connectivity index (χ1v) is 7.82. The number of fused-ring (bicyclic) bond motifs is 1. The van der Waals surface area contributed by atoms with E-state index >= 15 is 0 Å². The molecular weight excluding hydrogens is 264 g/mol. The molecule has 0 atom stereocenters. The SMILES string of the molecule is Cc1cc(CN2CCn3ccnc3C2)oc1CNC1CC1. The van der Waals surface area contributed by atoms with Gasteiger partial charge in [-0.2, -0.15) is 0 Å². The summed E-state index contributed by atoms with van der Waals surface area (Å²) in [5.41, 5.74) is 1.26. The van der Waals surface area contributed by atoms with Crippen molar-refractivity contribution in [2.45, 2.75) is 52.0 Å². The molecule has 2 aromatic rings. The van der Waals surface area contributed by atoms with E-state index in [9.17, 15) is 0 Å². The van der Waals surface area contributed by atoms with Crippen molar-refractivity contribution < 1.29 is 4.42 Å². The van der Waals surface area contributed by atoms with Crippen LogP contribution >= 0.6 is 0 Å². The van der Waals surface area contributed by atoms with Crippen LogP contribution in [0.5, 0.6) is 0 Å². The van der Waals surface area contributed by atoms with Gasteiger partial charge in [0.1, 0.15) is 17.3 Å². The predicted molar refractivity (Wildman–Crippen MR) is 79.6 cm³/mol. The molecule has 2 aliphatic rings. The Hall–Kier alpha value is -1.59. The zero-order chi connectivity index (χ0) is 14.2. The van der Waals surface area contributed by atoms with E-state index in [4.69, 9.17) is 4.42 Å². The van der Waals surface area contributed by atoms with Crippen molar-refractivity contribution in [2.24, 2.45) is 0 Å². The first-order chi connectivity index (χ1) is 10.3. The highest BCUT2D eigenvalue weighted by atomic mass is 16.3. The van der Waals surface area contributed by atoms with Crippen molar-refractivity contribution in [3.63, 3.8) is 0 Å². The smallest absolute Gasteiger partial charge is 0.122 e. The van der Waals surface area contributed by atoms with Gasteiger partial charge in [0.15, 0.2) is 0 Å². The molecule has 1 fully saturated rings. The van der Waals surface area contributed by atoms with Crippen LogP contribution in [-0.2, 0) is 26.2 Å². The van der Waals surface area contributed by atoms with Crippen LogP contribution in [0.25, 0.3) is 0 Å². The fourth-order valence-corrected chi connectivity index (χ4v) is 2.95. The first kappa shape index (κ1) is 13.1. The molecular formula is C16H22N4O. The molecule has 0 radical (unpaired) electrons. The molecule has 112 valence electrons. The maximum absolute atomic E-state index is 6.03. The zero-order valence-electron chi connectivity index (χ0n) is 12.5. The highest BCUT2D eigenvalue weighted by Crippen LogP contribution is 2.22. The lowest BCUT2D eigenvalue weighted by Gasteiger charge is -2.26. The summed E-state index contributed by atoms with van der Waals surface area (Å²) in [5.74, 6) is 3.32. The van der Waals surface area contributed by atoms with Crippen LogP contribution in [-0.4, -0.2) is 27.0 Å². The average molecular weight is 286 g/mol. The topological polar surface area (TPSA) is 46.2 Å². The molecule has 0 saturated heterocycles. The standard InChI is InChI=1S/C16H22N4O/c1-12-8-14(21-15(12)9-18-13-2-3-13)10-19-6-7-20-5-4-17-16(20)11-19/h4-5,8,13,18H,2-3,6-7,9-11H2,1H3. The minimum atomic E-state index is 0.721. The van der Waals surface area contributed by atoms with Crippen LogP contribution in [0.2, 0.25) is 0 Å². The van der Waals surface area contributed by atoms with Gasteiger partial charge in [0, 0.05) is 31.5 Å². The van der Waals surface area contributed by atoms with Crippen LogP contribution in [0.15, 0.2) is 22.9 Å². The van der Waals surface area contributed by atoms with Gasteiger partial charge in [-0.05, 0) is 31.4 Å². The van der Waals surface area contributed by atoms with Crippen LogP contribution in [0.1, 0.15) is 35.7 Å². The zero-order valence-corrected chi connectivity index (χ0v) is 12.5. The van der Waals surface area contributed by atoms with Crippen LogP contribution in [0, 0.1) is 6.92 Å². The van der Waals surface area contributed by atoms with E-state index in [1.165, 1.54) is 18.4 Å². The van der Waals surface area contributed by atoms with E-state index in [1.54, 1.807) is 0 Å². The summed E-state index contributed by atoms with van der Waals surface area (Å²) in [6, 6.07) is 2.91. The van der Waals surface area contributed by atoms with Crippen molar-refractivity contribution in [3.05, 3.63) is 41.4 Å². The minimum absolute atomic E-state index is 0.721. The minimum Gasteiger partial charge on any atom is -0.463 e. The number of aromatic nitrogens is 2. The Morgan fingerprint density at radius 2 is 2.29 bits per heavy atom. The summed E-state index contributed by atoms with van der Waals surface area (Å²) in [6.07, 6.45) is 6.57. The molecule has 4 rings (SSSR count). The van der Waals surface area contributed by atoms with Gasteiger partial charge in [-0.3, -0.25) is 4.90 Å². The second-order valence-electron chi connectivity index (χ2n) is 6.22. The second-order valence-corrected chi connectivity index (χ2v) is 6.22.